The highest BCUT2D eigenvalue weighted by Gasteiger charge is 2.20. The highest BCUT2D eigenvalue weighted by molar-refractivity contribution is 6.25. The van der Waals surface area contributed by atoms with E-state index in [0.717, 1.165) is 0 Å². The van der Waals surface area contributed by atoms with Crippen LogP contribution in [0.15, 0.2) is 140 Å². The van der Waals surface area contributed by atoms with Crippen LogP contribution in [0, 0.1) is 0 Å². The molecule has 0 saturated heterocycles. The molecule has 0 bridgehead atoms. The van der Waals surface area contributed by atoms with E-state index in [4.69, 9.17) is 0 Å². The molecule has 0 radical (unpaired) electrons. The molecule has 39 heavy (non-hydrogen) atoms. The maximum atomic E-state index is 2.45. The summed E-state index contributed by atoms with van der Waals surface area (Å²) in [7, 11) is 0. The molecule has 0 spiro atoms. The molecule has 0 saturated carbocycles. The molecule has 1 nitrogen and oxygen atoms in total. The first kappa shape index (κ1) is 20.9. The van der Waals surface area contributed by atoms with E-state index in [1.165, 1.54) is 81.9 Å². The van der Waals surface area contributed by atoms with Crippen molar-refractivity contribution in [3.05, 3.63) is 140 Å². The predicted octanol–water partition coefficient (Wildman–Crippen LogP) is 10.5. The zero-order chi connectivity index (χ0) is 25.5. The van der Waals surface area contributed by atoms with Crippen LogP contribution in [0.1, 0.15) is 0 Å². The molecule has 0 aliphatic heterocycles. The fourth-order valence-corrected chi connectivity index (χ4v) is 6.94. The van der Waals surface area contributed by atoms with Gasteiger partial charge in [-0.05, 0) is 62.0 Å². The van der Waals surface area contributed by atoms with E-state index in [9.17, 15) is 0 Å². The van der Waals surface area contributed by atoms with Crippen LogP contribution >= 0.6 is 0 Å². The van der Waals surface area contributed by atoms with Gasteiger partial charge in [0.1, 0.15) is 0 Å². The van der Waals surface area contributed by atoms with Gasteiger partial charge < -0.3 is 4.40 Å². The summed E-state index contributed by atoms with van der Waals surface area (Å²) in [5.41, 5.74) is 8.97. The van der Waals surface area contributed by atoms with Crippen LogP contribution in [-0.2, 0) is 0 Å². The highest BCUT2D eigenvalue weighted by atomic mass is 14.9. The summed E-state index contributed by atoms with van der Waals surface area (Å²) in [6.45, 7) is 0. The molecule has 9 rings (SSSR count). The largest absolute Gasteiger partial charge is 0.308 e. The van der Waals surface area contributed by atoms with Gasteiger partial charge in [0.25, 0.3) is 0 Å². The van der Waals surface area contributed by atoms with Crippen molar-refractivity contribution >= 4 is 59.6 Å². The minimum absolute atomic E-state index is 1.25. The average Bonchev–Trinajstić information content (AvgIpc) is 3.52. The second-order valence-electron chi connectivity index (χ2n) is 10.5. The van der Waals surface area contributed by atoms with Crippen LogP contribution in [-0.4, -0.2) is 4.40 Å². The summed E-state index contributed by atoms with van der Waals surface area (Å²) in [6, 6.07) is 51.2. The minimum Gasteiger partial charge on any atom is -0.308 e. The number of rotatable bonds is 2. The number of aromatic nitrogens is 1. The van der Waals surface area contributed by atoms with Gasteiger partial charge in [0, 0.05) is 21.5 Å². The van der Waals surface area contributed by atoms with Gasteiger partial charge >= 0.3 is 0 Å². The van der Waals surface area contributed by atoms with Crippen LogP contribution in [0.5, 0.6) is 0 Å². The Balaban J connectivity index is 1.42. The van der Waals surface area contributed by atoms with Gasteiger partial charge in [0.2, 0.25) is 0 Å². The summed E-state index contributed by atoms with van der Waals surface area (Å²) in [4.78, 5) is 0. The molecule has 7 aromatic carbocycles. The zero-order valence-corrected chi connectivity index (χ0v) is 21.2. The van der Waals surface area contributed by atoms with Crippen molar-refractivity contribution in [1.82, 2.24) is 4.40 Å². The summed E-state index contributed by atoms with van der Waals surface area (Å²) in [5.74, 6) is 0. The Hall–Kier alpha value is -5.14. The fraction of sp³-hybridized carbons (Fsp3) is 0. The summed E-state index contributed by atoms with van der Waals surface area (Å²) in [6.07, 6.45) is 0. The van der Waals surface area contributed by atoms with Crippen LogP contribution in [0.4, 0.5) is 0 Å². The molecule has 0 atom stereocenters. The summed E-state index contributed by atoms with van der Waals surface area (Å²) in [5, 5.41) is 10.4. The molecule has 1 heteroatoms. The highest BCUT2D eigenvalue weighted by Crippen LogP contribution is 2.45. The molecule has 180 valence electrons. The molecule has 2 aromatic heterocycles. The summed E-state index contributed by atoms with van der Waals surface area (Å²) < 4.78 is 2.45. The third-order valence-corrected chi connectivity index (χ3v) is 8.51. The lowest BCUT2D eigenvalue weighted by Crippen LogP contribution is -1.90. The minimum atomic E-state index is 1.25. The maximum Gasteiger partial charge on any atom is 0.0620 e. The smallest absolute Gasteiger partial charge is 0.0620 e. The van der Waals surface area contributed by atoms with E-state index < -0.39 is 0 Å². The van der Waals surface area contributed by atoms with Gasteiger partial charge in [-0.3, -0.25) is 0 Å². The lowest BCUT2D eigenvalue weighted by molar-refractivity contribution is 1.37. The molecule has 0 N–H and O–H groups in total. The molecule has 9 aromatic rings. The quantitative estimate of drug-likeness (QED) is 0.211. The van der Waals surface area contributed by atoms with E-state index in [1.54, 1.807) is 0 Å². The van der Waals surface area contributed by atoms with Crippen molar-refractivity contribution in [1.29, 1.82) is 0 Å². The Morgan fingerprint density at radius 2 is 0.795 bits per heavy atom. The molecule has 0 unspecified atom stereocenters. The Morgan fingerprint density at radius 1 is 0.308 bits per heavy atom. The first-order valence-electron chi connectivity index (χ1n) is 13.5. The van der Waals surface area contributed by atoms with E-state index in [0.29, 0.717) is 0 Å². The van der Waals surface area contributed by atoms with Crippen LogP contribution in [0.25, 0.3) is 81.9 Å². The van der Waals surface area contributed by atoms with Crippen molar-refractivity contribution in [2.75, 3.05) is 0 Å². The Labute approximate surface area is 225 Å². The third-order valence-electron chi connectivity index (χ3n) is 8.51. The van der Waals surface area contributed by atoms with Gasteiger partial charge in [-0.2, -0.15) is 0 Å². The van der Waals surface area contributed by atoms with E-state index >= 15 is 0 Å². The van der Waals surface area contributed by atoms with Crippen LogP contribution < -0.4 is 0 Å². The maximum absolute atomic E-state index is 2.45. The van der Waals surface area contributed by atoms with Gasteiger partial charge in [-0.1, -0.05) is 121 Å². The second-order valence-corrected chi connectivity index (χ2v) is 10.5. The average molecular weight is 494 g/mol. The Kier molecular flexibility index (Phi) is 4.11. The van der Waals surface area contributed by atoms with Gasteiger partial charge in [-0.25, -0.2) is 0 Å². The number of hydrogen-bond acceptors (Lipinski definition) is 0. The number of para-hydroxylation sites is 2. The van der Waals surface area contributed by atoms with Crippen molar-refractivity contribution in [2.45, 2.75) is 0 Å². The van der Waals surface area contributed by atoms with Gasteiger partial charge in [-0.15, -0.1) is 0 Å². The van der Waals surface area contributed by atoms with E-state index in [1.807, 2.05) is 0 Å². The zero-order valence-electron chi connectivity index (χ0n) is 21.2. The number of nitrogens with zero attached hydrogens (tertiary/aromatic N) is 1. The Morgan fingerprint density at radius 3 is 1.46 bits per heavy atom. The third kappa shape index (κ3) is 2.74. The van der Waals surface area contributed by atoms with Crippen molar-refractivity contribution in [3.8, 4) is 22.3 Å². The molecule has 0 fully saturated rings. The van der Waals surface area contributed by atoms with Crippen molar-refractivity contribution in [3.63, 3.8) is 0 Å². The standard InChI is InChI=1S/C38H23N/c1-2-11-24(12-3-1)36-27-14-4-6-16-29(27)37(30-17-7-5-15-28(30)36)25-21-22-35-33(23-25)32-19-10-18-31-26-13-8-9-20-34(26)39(35)38(31)32/h1-23H. The molecular formula is C38H23N. The van der Waals surface area contributed by atoms with Crippen LogP contribution in [0.2, 0.25) is 0 Å². The molecule has 0 aliphatic carbocycles. The van der Waals surface area contributed by atoms with Crippen molar-refractivity contribution < 1.29 is 0 Å². The van der Waals surface area contributed by atoms with Crippen molar-refractivity contribution in [2.24, 2.45) is 0 Å². The fourth-order valence-electron chi connectivity index (χ4n) is 6.94. The first-order valence-corrected chi connectivity index (χ1v) is 13.5. The molecular weight excluding hydrogens is 470 g/mol. The first-order chi connectivity index (χ1) is 19.4. The normalized spacial score (nSPS) is 12.1. The number of benzene rings is 7. The number of hydrogen-bond donors (Lipinski definition) is 0. The predicted molar refractivity (Wildman–Crippen MR) is 167 cm³/mol. The lowest BCUT2D eigenvalue weighted by atomic mass is 9.86. The monoisotopic (exact) mass is 493 g/mol. The van der Waals surface area contributed by atoms with E-state index in [-0.39, 0.29) is 0 Å². The molecule has 0 aliphatic rings. The Bertz CT molecular complexity index is 2320. The molecule has 0 amide bonds. The summed E-state index contributed by atoms with van der Waals surface area (Å²) >= 11 is 0. The second kappa shape index (κ2) is 7.69. The molecule has 2 heterocycles. The number of fused-ring (bicyclic) bond motifs is 8. The van der Waals surface area contributed by atoms with Gasteiger partial charge in [0.05, 0.1) is 16.6 Å². The topological polar surface area (TPSA) is 4.41 Å². The van der Waals surface area contributed by atoms with Gasteiger partial charge in [0.15, 0.2) is 0 Å². The van der Waals surface area contributed by atoms with Crippen LogP contribution in [0.3, 0.4) is 0 Å². The van der Waals surface area contributed by atoms with E-state index in [2.05, 4.69) is 144 Å². The SMILES string of the molecule is c1ccc(-c2c3ccccc3c(-c3ccc4c(c3)c3cccc5c6ccccc6n4c53)c3ccccc23)cc1. The lowest BCUT2D eigenvalue weighted by Gasteiger charge is -2.17.